The molecule has 1 aromatic carbocycles. The lowest BCUT2D eigenvalue weighted by Crippen LogP contribution is -2.46. The Morgan fingerprint density at radius 2 is 1.96 bits per heavy atom. The number of hydrogen-bond acceptors (Lipinski definition) is 5. The van der Waals surface area contributed by atoms with Gasteiger partial charge in [-0.2, -0.15) is 10.2 Å². The van der Waals surface area contributed by atoms with Gasteiger partial charge in [0.15, 0.2) is 0 Å². The highest BCUT2D eigenvalue weighted by Crippen LogP contribution is 2.29. The summed E-state index contributed by atoms with van der Waals surface area (Å²) in [5.74, 6) is 0.773. The zero-order valence-electron chi connectivity index (χ0n) is 17.3. The van der Waals surface area contributed by atoms with Crippen molar-refractivity contribution in [2.75, 3.05) is 31.1 Å². The molecule has 150 valence electrons. The lowest BCUT2D eigenvalue weighted by molar-refractivity contribution is 0.246. The van der Waals surface area contributed by atoms with E-state index in [1.807, 2.05) is 12.1 Å². The van der Waals surface area contributed by atoms with Crippen molar-refractivity contribution in [3.05, 3.63) is 52.8 Å². The van der Waals surface area contributed by atoms with E-state index in [1.54, 1.807) is 6.20 Å². The first kappa shape index (κ1) is 20.3. The average molecular weight is 381 g/mol. The van der Waals surface area contributed by atoms with Crippen LogP contribution >= 0.6 is 0 Å². The summed E-state index contributed by atoms with van der Waals surface area (Å²) >= 11 is 0. The van der Waals surface area contributed by atoms with Crippen molar-refractivity contribution in [3.63, 3.8) is 0 Å². The van der Waals surface area contributed by atoms with Crippen molar-refractivity contribution in [2.24, 2.45) is 11.7 Å². The molecule has 6 nitrogen and oxygen atoms in total. The van der Waals surface area contributed by atoms with Crippen molar-refractivity contribution in [3.8, 4) is 0 Å². The molecular formula is C22H32N6. The van der Waals surface area contributed by atoms with Crippen LogP contribution in [0.3, 0.4) is 0 Å². The molecule has 2 heterocycles. The lowest BCUT2D eigenvalue weighted by atomic mass is 9.93. The second kappa shape index (κ2) is 9.15. The lowest BCUT2D eigenvalue weighted by Gasteiger charge is -2.37. The standard InChI is InChI=1S/C22H32N6/c1-4-18-13-17(12-16(2)3)14-20(21(18)22(23)24)28-10-8-27(9-11-28)15-19-6-5-7-25-26-19/h5-7,13-14,16H,4,8-12,15H2,1-3H3,(H3,23,24). The summed E-state index contributed by atoms with van der Waals surface area (Å²) < 4.78 is 0. The quantitative estimate of drug-likeness (QED) is 0.570. The summed E-state index contributed by atoms with van der Waals surface area (Å²) in [6, 6.07) is 8.46. The zero-order valence-corrected chi connectivity index (χ0v) is 17.3. The predicted molar refractivity (Wildman–Crippen MR) is 115 cm³/mol. The van der Waals surface area contributed by atoms with Gasteiger partial charge in [0.25, 0.3) is 0 Å². The van der Waals surface area contributed by atoms with Crippen molar-refractivity contribution >= 4 is 11.5 Å². The number of rotatable bonds is 7. The SMILES string of the molecule is CCc1cc(CC(C)C)cc(N2CCN(Cc3cccnn3)CC2)c1C(=N)N. The van der Waals surface area contributed by atoms with Gasteiger partial charge >= 0.3 is 0 Å². The Morgan fingerprint density at radius 3 is 2.54 bits per heavy atom. The Balaban J connectivity index is 1.79. The summed E-state index contributed by atoms with van der Waals surface area (Å²) in [5, 5.41) is 16.3. The molecule has 6 heteroatoms. The Hall–Kier alpha value is -2.47. The smallest absolute Gasteiger partial charge is 0.125 e. The van der Waals surface area contributed by atoms with Gasteiger partial charge in [0.05, 0.1) is 5.69 Å². The fourth-order valence-corrected chi connectivity index (χ4v) is 3.97. The van der Waals surface area contributed by atoms with Gasteiger partial charge in [-0.05, 0) is 48.1 Å². The van der Waals surface area contributed by atoms with E-state index in [1.165, 1.54) is 11.1 Å². The second-order valence-corrected chi connectivity index (χ2v) is 7.99. The van der Waals surface area contributed by atoms with Crippen LogP contribution in [-0.2, 0) is 19.4 Å². The fourth-order valence-electron chi connectivity index (χ4n) is 3.97. The van der Waals surface area contributed by atoms with E-state index in [2.05, 4.69) is 52.9 Å². The van der Waals surface area contributed by atoms with Crippen molar-refractivity contribution in [1.82, 2.24) is 15.1 Å². The molecule has 0 saturated carbocycles. The van der Waals surface area contributed by atoms with E-state index in [0.717, 1.165) is 62.5 Å². The molecule has 0 aliphatic carbocycles. The number of anilines is 1. The molecule has 0 radical (unpaired) electrons. The first-order valence-electron chi connectivity index (χ1n) is 10.2. The number of aromatic nitrogens is 2. The van der Waals surface area contributed by atoms with Gasteiger partial charge in [-0.1, -0.05) is 26.8 Å². The first-order chi connectivity index (χ1) is 13.5. The number of benzene rings is 1. The monoisotopic (exact) mass is 380 g/mol. The van der Waals surface area contributed by atoms with Crippen LogP contribution in [0.1, 0.15) is 43.2 Å². The van der Waals surface area contributed by atoms with Gasteiger partial charge in [-0.3, -0.25) is 10.3 Å². The Labute approximate surface area is 168 Å². The molecule has 2 aromatic rings. The molecule has 1 saturated heterocycles. The topological polar surface area (TPSA) is 82.1 Å². The maximum Gasteiger partial charge on any atom is 0.125 e. The highest BCUT2D eigenvalue weighted by atomic mass is 15.3. The van der Waals surface area contributed by atoms with Gasteiger partial charge in [-0.25, -0.2) is 0 Å². The molecule has 3 rings (SSSR count). The number of hydrogen-bond donors (Lipinski definition) is 2. The molecule has 0 amide bonds. The number of nitrogen functional groups attached to an aromatic ring is 1. The second-order valence-electron chi connectivity index (χ2n) is 7.99. The van der Waals surface area contributed by atoms with E-state index < -0.39 is 0 Å². The van der Waals surface area contributed by atoms with Crippen LogP contribution in [0.2, 0.25) is 0 Å². The maximum atomic E-state index is 8.16. The third kappa shape index (κ3) is 4.87. The molecule has 28 heavy (non-hydrogen) atoms. The van der Waals surface area contributed by atoms with Gasteiger partial charge < -0.3 is 10.6 Å². The van der Waals surface area contributed by atoms with E-state index >= 15 is 0 Å². The number of nitrogens with one attached hydrogen (secondary N) is 1. The summed E-state index contributed by atoms with van der Waals surface area (Å²) in [6.07, 6.45) is 3.64. The van der Waals surface area contributed by atoms with E-state index in [9.17, 15) is 0 Å². The fraction of sp³-hybridized carbons (Fsp3) is 0.500. The van der Waals surface area contributed by atoms with Crippen LogP contribution in [0.25, 0.3) is 0 Å². The van der Waals surface area contributed by atoms with Gasteiger partial charge in [0, 0.05) is 50.2 Å². The normalized spacial score (nSPS) is 15.2. The number of aryl methyl sites for hydroxylation is 1. The van der Waals surface area contributed by atoms with Crippen LogP contribution in [0.15, 0.2) is 30.5 Å². The number of amidine groups is 1. The van der Waals surface area contributed by atoms with Gasteiger partial charge in [0.1, 0.15) is 5.84 Å². The van der Waals surface area contributed by atoms with Crippen molar-refractivity contribution in [1.29, 1.82) is 5.41 Å². The predicted octanol–water partition coefficient (Wildman–Crippen LogP) is 2.84. The molecule has 1 aromatic heterocycles. The van der Waals surface area contributed by atoms with Crippen LogP contribution < -0.4 is 10.6 Å². The molecule has 1 aliphatic heterocycles. The highest BCUT2D eigenvalue weighted by Gasteiger charge is 2.23. The van der Waals surface area contributed by atoms with Crippen molar-refractivity contribution in [2.45, 2.75) is 40.2 Å². The maximum absolute atomic E-state index is 8.16. The molecule has 1 fully saturated rings. The molecule has 1 aliphatic rings. The largest absolute Gasteiger partial charge is 0.384 e. The average Bonchev–Trinajstić information content (AvgIpc) is 2.68. The third-order valence-electron chi connectivity index (χ3n) is 5.28. The van der Waals surface area contributed by atoms with Crippen molar-refractivity contribution < 1.29 is 0 Å². The van der Waals surface area contributed by atoms with Crippen LogP contribution in [0.4, 0.5) is 5.69 Å². The summed E-state index contributed by atoms with van der Waals surface area (Å²) in [6.45, 7) is 11.2. The van der Waals surface area contributed by atoms with E-state index in [4.69, 9.17) is 11.1 Å². The Kier molecular flexibility index (Phi) is 6.62. The van der Waals surface area contributed by atoms with Crippen LogP contribution in [0.5, 0.6) is 0 Å². The first-order valence-corrected chi connectivity index (χ1v) is 10.2. The minimum Gasteiger partial charge on any atom is -0.384 e. The number of piperazine rings is 1. The Morgan fingerprint density at radius 1 is 1.21 bits per heavy atom. The summed E-state index contributed by atoms with van der Waals surface area (Å²) in [4.78, 5) is 4.81. The Bertz CT molecular complexity index is 794. The summed E-state index contributed by atoms with van der Waals surface area (Å²) in [5.41, 5.74) is 11.6. The van der Waals surface area contributed by atoms with E-state index in [-0.39, 0.29) is 5.84 Å². The highest BCUT2D eigenvalue weighted by molar-refractivity contribution is 6.02. The third-order valence-corrected chi connectivity index (χ3v) is 5.28. The number of nitrogens with two attached hydrogens (primary N) is 1. The molecule has 3 N–H and O–H groups in total. The molecule has 0 unspecified atom stereocenters. The van der Waals surface area contributed by atoms with Crippen LogP contribution in [0, 0.1) is 11.3 Å². The molecule has 0 atom stereocenters. The van der Waals surface area contributed by atoms with Crippen LogP contribution in [-0.4, -0.2) is 47.1 Å². The minimum atomic E-state index is 0.171. The molecule has 0 bridgehead atoms. The van der Waals surface area contributed by atoms with E-state index in [0.29, 0.717) is 5.92 Å². The van der Waals surface area contributed by atoms with Gasteiger partial charge in [0.2, 0.25) is 0 Å². The zero-order chi connectivity index (χ0) is 20.1. The van der Waals surface area contributed by atoms with Gasteiger partial charge in [-0.15, -0.1) is 0 Å². The molecular weight excluding hydrogens is 348 g/mol. The number of nitrogens with zero attached hydrogens (tertiary/aromatic N) is 4. The minimum absolute atomic E-state index is 0.171. The summed E-state index contributed by atoms with van der Waals surface area (Å²) in [7, 11) is 0. The molecule has 0 spiro atoms.